The second kappa shape index (κ2) is 8.83. The molecule has 0 aliphatic carbocycles. The van der Waals surface area contributed by atoms with E-state index in [1.807, 2.05) is 32.0 Å². The molecule has 0 saturated carbocycles. The smallest absolute Gasteiger partial charge is 0.262 e. The maximum absolute atomic E-state index is 12.9. The number of ether oxygens (including phenoxy) is 1. The molecule has 0 amide bonds. The zero-order chi connectivity index (χ0) is 21.9. The minimum Gasteiger partial charge on any atom is -0.476 e. The van der Waals surface area contributed by atoms with Gasteiger partial charge in [0.15, 0.2) is 0 Å². The maximum atomic E-state index is 12.9. The van der Waals surface area contributed by atoms with Gasteiger partial charge < -0.3 is 4.74 Å². The molecule has 1 heterocycles. The van der Waals surface area contributed by atoms with Crippen LogP contribution in [0.25, 0.3) is 11.3 Å². The number of hydrogen-bond acceptors (Lipinski definition) is 5. The van der Waals surface area contributed by atoms with Crippen molar-refractivity contribution in [2.45, 2.75) is 39.5 Å². The molecule has 1 N–H and O–H groups in total. The molecule has 0 unspecified atom stereocenters. The van der Waals surface area contributed by atoms with Gasteiger partial charge in [0.05, 0.1) is 17.2 Å². The van der Waals surface area contributed by atoms with Crippen LogP contribution in [-0.2, 0) is 10.0 Å². The van der Waals surface area contributed by atoms with Crippen LogP contribution in [0.3, 0.4) is 0 Å². The Kier molecular flexibility index (Phi) is 6.41. The normalized spacial score (nSPS) is 11.5. The predicted octanol–water partition coefficient (Wildman–Crippen LogP) is 4.90. The summed E-state index contributed by atoms with van der Waals surface area (Å²) in [5.41, 5.74) is 4.57. The third-order valence-corrected chi connectivity index (χ3v) is 6.22. The molecule has 3 aromatic rings. The molecule has 30 heavy (non-hydrogen) atoms. The number of aromatic nitrogens is 2. The molecular weight excluding hydrogens is 398 g/mol. The van der Waals surface area contributed by atoms with Gasteiger partial charge in [-0.25, -0.2) is 8.42 Å². The van der Waals surface area contributed by atoms with Crippen molar-refractivity contribution < 1.29 is 13.2 Å². The van der Waals surface area contributed by atoms with Gasteiger partial charge in [0.1, 0.15) is 0 Å². The number of nitrogens with one attached hydrogen (secondary N) is 1. The summed E-state index contributed by atoms with van der Waals surface area (Å²) in [5, 5.41) is 8.30. The second-order valence-electron chi connectivity index (χ2n) is 7.85. The summed E-state index contributed by atoms with van der Waals surface area (Å²) >= 11 is 0. The molecule has 7 heteroatoms. The van der Waals surface area contributed by atoms with Crippen LogP contribution in [-0.4, -0.2) is 25.2 Å². The minimum atomic E-state index is -3.71. The van der Waals surface area contributed by atoms with Crippen LogP contribution in [0.15, 0.2) is 53.4 Å². The predicted molar refractivity (Wildman–Crippen MR) is 119 cm³/mol. The molecule has 3 rings (SSSR count). The lowest BCUT2D eigenvalue weighted by atomic mass is 10.1. The van der Waals surface area contributed by atoms with E-state index in [9.17, 15) is 8.42 Å². The Hall–Kier alpha value is -2.93. The summed E-state index contributed by atoms with van der Waals surface area (Å²) in [6, 6.07) is 14.3. The van der Waals surface area contributed by atoms with E-state index in [4.69, 9.17) is 4.74 Å². The van der Waals surface area contributed by atoms with Crippen molar-refractivity contribution in [3.8, 4) is 17.1 Å². The molecule has 1 aromatic heterocycles. The lowest BCUT2D eigenvalue weighted by Crippen LogP contribution is -2.14. The molecule has 158 valence electrons. The van der Waals surface area contributed by atoms with E-state index >= 15 is 0 Å². The van der Waals surface area contributed by atoms with E-state index in [0.29, 0.717) is 35.3 Å². The molecule has 0 radical (unpaired) electrons. The van der Waals surface area contributed by atoms with Crippen molar-refractivity contribution in [2.24, 2.45) is 5.92 Å². The second-order valence-corrected chi connectivity index (χ2v) is 9.50. The molecule has 0 aliphatic rings. The van der Waals surface area contributed by atoms with Crippen LogP contribution in [0.1, 0.15) is 30.5 Å². The first-order valence-electron chi connectivity index (χ1n) is 9.83. The van der Waals surface area contributed by atoms with Gasteiger partial charge in [-0.1, -0.05) is 32.0 Å². The Balaban J connectivity index is 1.83. The van der Waals surface area contributed by atoms with Crippen LogP contribution < -0.4 is 9.46 Å². The Bertz CT molecular complexity index is 1140. The van der Waals surface area contributed by atoms with Crippen molar-refractivity contribution in [2.75, 3.05) is 11.3 Å². The molecular formula is C23H27N3O3S. The number of hydrogen-bond donors (Lipinski definition) is 1. The molecule has 2 aromatic carbocycles. The van der Waals surface area contributed by atoms with Crippen molar-refractivity contribution in [3.63, 3.8) is 0 Å². The first-order valence-corrected chi connectivity index (χ1v) is 11.3. The molecule has 0 saturated heterocycles. The topological polar surface area (TPSA) is 81.2 Å². The molecule has 0 bridgehead atoms. The molecule has 0 spiro atoms. The number of nitrogens with zero attached hydrogens (tertiary/aromatic N) is 2. The highest BCUT2D eigenvalue weighted by molar-refractivity contribution is 7.92. The highest BCUT2D eigenvalue weighted by Gasteiger charge is 2.18. The zero-order valence-corrected chi connectivity index (χ0v) is 18.7. The fraction of sp³-hybridized carbons (Fsp3) is 0.304. The number of sulfonamides is 1. The first-order chi connectivity index (χ1) is 14.2. The van der Waals surface area contributed by atoms with Crippen LogP contribution >= 0.6 is 0 Å². The fourth-order valence-electron chi connectivity index (χ4n) is 2.98. The Morgan fingerprint density at radius 3 is 2.33 bits per heavy atom. The Morgan fingerprint density at radius 1 is 0.933 bits per heavy atom. The fourth-order valence-corrected chi connectivity index (χ4v) is 4.34. The van der Waals surface area contributed by atoms with Gasteiger partial charge in [-0.3, -0.25) is 4.72 Å². The van der Waals surface area contributed by atoms with E-state index < -0.39 is 10.0 Å². The highest BCUT2D eigenvalue weighted by Crippen LogP contribution is 2.26. The van der Waals surface area contributed by atoms with E-state index in [1.165, 1.54) is 0 Å². The molecule has 6 nitrogen and oxygen atoms in total. The van der Waals surface area contributed by atoms with Gasteiger partial charge in [-0.15, -0.1) is 10.2 Å². The van der Waals surface area contributed by atoms with E-state index in [0.717, 1.165) is 16.7 Å². The summed E-state index contributed by atoms with van der Waals surface area (Å²) in [6.07, 6.45) is 0. The van der Waals surface area contributed by atoms with E-state index in [2.05, 4.69) is 28.8 Å². The number of anilines is 1. The lowest BCUT2D eigenvalue weighted by molar-refractivity contribution is 0.258. The van der Waals surface area contributed by atoms with Crippen molar-refractivity contribution in [1.29, 1.82) is 0 Å². The van der Waals surface area contributed by atoms with Gasteiger partial charge in [0.2, 0.25) is 5.88 Å². The van der Waals surface area contributed by atoms with Gasteiger partial charge >= 0.3 is 0 Å². The standard InChI is InChI=1S/C23H27N3O3S/c1-15(2)14-29-23-10-9-21(24-25-23)19-7-6-8-20(13-19)26-30(27,28)22-12-17(4)16(3)11-18(22)5/h6-13,15,26H,14H2,1-5H3. The van der Waals surface area contributed by atoms with Crippen LogP contribution in [0, 0.1) is 26.7 Å². The summed E-state index contributed by atoms with van der Waals surface area (Å²) in [6.45, 7) is 10.4. The minimum absolute atomic E-state index is 0.280. The van der Waals surface area contributed by atoms with Crippen LogP contribution in [0.5, 0.6) is 5.88 Å². The SMILES string of the molecule is Cc1cc(C)c(S(=O)(=O)Nc2cccc(-c3ccc(OCC(C)C)nn3)c2)cc1C. The summed E-state index contributed by atoms with van der Waals surface area (Å²) in [5.74, 6) is 0.867. The lowest BCUT2D eigenvalue weighted by Gasteiger charge is -2.13. The third-order valence-electron chi connectivity index (χ3n) is 4.70. The summed E-state index contributed by atoms with van der Waals surface area (Å²) < 4.78 is 34.1. The molecule has 0 fully saturated rings. The zero-order valence-electron chi connectivity index (χ0n) is 17.9. The molecule has 0 aliphatic heterocycles. The number of benzene rings is 2. The Morgan fingerprint density at radius 2 is 1.67 bits per heavy atom. The largest absolute Gasteiger partial charge is 0.476 e. The van der Waals surface area contributed by atoms with Crippen molar-refractivity contribution >= 4 is 15.7 Å². The van der Waals surface area contributed by atoms with E-state index in [-0.39, 0.29) is 4.90 Å². The van der Waals surface area contributed by atoms with Gasteiger partial charge in [0.25, 0.3) is 10.0 Å². The van der Waals surface area contributed by atoms with Gasteiger partial charge in [-0.05, 0) is 67.6 Å². The van der Waals surface area contributed by atoms with Crippen molar-refractivity contribution in [3.05, 3.63) is 65.2 Å². The summed E-state index contributed by atoms with van der Waals surface area (Å²) in [7, 11) is -3.71. The van der Waals surface area contributed by atoms with Crippen molar-refractivity contribution in [1.82, 2.24) is 10.2 Å². The van der Waals surface area contributed by atoms with Gasteiger partial charge in [-0.2, -0.15) is 0 Å². The average molecular weight is 426 g/mol. The van der Waals surface area contributed by atoms with Crippen LogP contribution in [0.2, 0.25) is 0 Å². The number of aryl methyl sites for hydroxylation is 3. The van der Waals surface area contributed by atoms with Crippen LogP contribution in [0.4, 0.5) is 5.69 Å². The first kappa shape index (κ1) is 21.8. The monoisotopic (exact) mass is 425 g/mol. The highest BCUT2D eigenvalue weighted by atomic mass is 32.2. The number of rotatable bonds is 7. The average Bonchev–Trinajstić information content (AvgIpc) is 2.69. The maximum Gasteiger partial charge on any atom is 0.262 e. The molecule has 0 atom stereocenters. The quantitative estimate of drug-likeness (QED) is 0.582. The van der Waals surface area contributed by atoms with E-state index in [1.54, 1.807) is 37.3 Å². The summed E-state index contributed by atoms with van der Waals surface area (Å²) in [4.78, 5) is 0.280. The third kappa shape index (κ3) is 5.16. The Labute approximate surface area is 178 Å². The van der Waals surface area contributed by atoms with Gasteiger partial charge in [0, 0.05) is 17.3 Å².